The Labute approximate surface area is 106 Å². The molecule has 0 unspecified atom stereocenters. The van der Waals surface area contributed by atoms with Gasteiger partial charge < -0.3 is 10.1 Å². The third kappa shape index (κ3) is 2.66. The Bertz CT molecular complexity index is 553. The van der Waals surface area contributed by atoms with Crippen molar-refractivity contribution in [2.75, 3.05) is 7.05 Å². The average Bonchev–Trinajstić information content (AvgIpc) is 2.41. The summed E-state index contributed by atoms with van der Waals surface area (Å²) in [6, 6.07) is 8.90. The summed E-state index contributed by atoms with van der Waals surface area (Å²) in [5.74, 6) is 1.24. The van der Waals surface area contributed by atoms with Crippen LogP contribution in [-0.4, -0.2) is 17.9 Å². The van der Waals surface area contributed by atoms with Gasteiger partial charge in [0, 0.05) is 25.0 Å². The highest BCUT2D eigenvalue weighted by molar-refractivity contribution is 5.94. The van der Waals surface area contributed by atoms with Crippen LogP contribution in [0.4, 0.5) is 0 Å². The van der Waals surface area contributed by atoms with Crippen molar-refractivity contribution in [3.8, 4) is 11.5 Å². The Kier molecular flexibility index (Phi) is 3.57. The maximum Gasteiger partial charge on any atom is 0.251 e. The average molecular weight is 242 g/mol. The van der Waals surface area contributed by atoms with Crippen LogP contribution in [0.15, 0.2) is 42.7 Å². The van der Waals surface area contributed by atoms with Gasteiger partial charge in [0.2, 0.25) is 0 Å². The lowest BCUT2D eigenvalue weighted by Gasteiger charge is -2.10. The van der Waals surface area contributed by atoms with E-state index >= 15 is 0 Å². The van der Waals surface area contributed by atoms with Crippen molar-refractivity contribution in [3.05, 3.63) is 53.9 Å². The molecule has 1 aromatic carbocycles. The number of carbonyl (C=O) groups is 1. The summed E-state index contributed by atoms with van der Waals surface area (Å²) in [6.45, 7) is 1.93. The summed E-state index contributed by atoms with van der Waals surface area (Å²) in [5.41, 5.74) is 1.55. The number of hydrogen-bond donors (Lipinski definition) is 1. The van der Waals surface area contributed by atoms with E-state index in [1.807, 2.05) is 13.0 Å². The number of carbonyl (C=O) groups excluding carboxylic acids is 1. The van der Waals surface area contributed by atoms with Gasteiger partial charge >= 0.3 is 0 Å². The molecule has 0 aliphatic heterocycles. The van der Waals surface area contributed by atoms with Crippen LogP contribution in [0.5, 0.6) is 11.5 Å². The lowest BCUT2D eigenvalue weighted by atomic mass is 10.1. The first-order valence-corrected chi connectivity index (χ1v) is 5.61. The van der Waals surface area contributed by atoms with Crippen LogP contribution in [0.2, 0.25) is 0 Å². The molecule has 1 N–H and O–H groups in total. The van der Waals surface area contributed by atoms with Crippen molar-refractivity contribution < 1.29 is 9.53 Å². The first kappa shape index (κ1) is 12.1. The van der Waals surface area contributed by atoms with E-state index in [1.54, 1.807) is 43.7 Å². The molecular formula is C14H14N2O2. The van der Waals surface area contributed by atoms with Crippen LogP contribution in [-0.2, 0) is 0 Å². The standard InChI is InChI=1S/C14H14N2O2/c1-10-3-4-11(14(17)15-2)9-13(10)18-12-5-7-16-8-6-12/h3-9H,1-2H3,(H,15,17). The minimum Gasteiger partial charge on any atom is -0.457 e. The maximum absolute atomic E-state index is 11.6. The van der Waals surface area contributed by atoms with Crippen molar-refractivity contribution in [2.24, 2.45) is 0 Å². The number of ether oxygens (including phenoxy) is 1. The van der Waals surface area contributed by atoms with E-state index < -0.39 is 0 Å². The molecule has 18 heavy (non-hydrogen) atoms. The van der Waals surface area contributed by atoms with Crippen LogP contribution < -0.4 is 10.1 Å². The zero-order valence-corrected chi connectivity index (χ0v) is 10.3. The van der Waals surface area contributed by atoms with Gasteiger partial charge in [0.15, 0.2) is 0 Å². The predicted octanol–water partition coefficient (Wildman–Crippen LogP) is 2.54. The van der Waals surface area contributed by atoms with Crippen LogP contribution in [0.1, 0.15) is 15.9 Å². The number of benzene rings is 1. The van der Waals surface area contributed by atoms with E-state index in [0.717, 1.165) is 5.56 Å². The summed E-state index contributed by atoms with van der Waals surface area (Å²) >= 11 is 0. The van der Waals surface area contributed by atoms with Crippen molar-refractivity contribution in [3.63, 3.8) is 0 Å². The van der Waals surface area contributed by atoms with Crippen LogP contribution in [0.25, 0.3) is 0 Å². The monoisotopic (exact) mass is 242 g/mol. The fourth-order valence-corrected chi connectivity index (χ4v) is 1.53. The molecule has 0 aliphatic carbocycles. The second-order valence-corrected chi connectivity index (χ2v) is 3.84. The Hall–Kier alpha value is -2.36. The highest BCUT2D eigenvalue weighted by Crippen LogP contribution is 2.25. The zero-order valence-electron chi connectivity index (χ0n) is 10.3. The number of rotatable bonds is 3. The normalized spacial score (nSPS) is 9.89. The third-order valence-electron chi connectivity index (χ3n) is 2.55. The molecule has 4 nitrogen and oxygen atoms in total. The van der Waals surface area contributed by atoms with Gasteiger partial charge in [-0.05, 0) is 36.8 Å². The highest BCUT2D eigenvalue weighted by atomic mass is 16.5. The first-order chi connectivity index (χ1) is 8.70. The molecule has 92 valence electrons. The predicted molar refractivity (Wildman–Crippen MR) is 68.9 cm³/mol. The molecule has 0 spiro atoms. The molecule has 1 amide bonds. The second kappa shape index (κ2) is 5.31. The van der Waals surface area contributed by atoms with E-state index in [9.17, 15) is 4.79 Å². The van der Waals surface area contributed by atoms with Crippen molar-refractivity contribution in [2.45, 2.75) is 6.92 Å². The summed E-state index contributed by atoms with van der Waals surface area (Å²) in [4.78, 5) is 15.5. The number of pyridine rings is 1. The lowest BCUT2D eigenvalue weighted by molar-refractivity contribution is 0.0963. The van der Waals surface area contributed by atoms with Gasteiger partial charge in [-0.15, -0.1) is 0 Å². The first-order valence-electron chi connectivity index (χ1n) is 5.61. The number of nitrogens with one attached hydrogen (secondary N) is 1. The molecule has 0 aliphatic rings. The Morgan fingerprint density at radius 2 is 1.94 bits per heavy atom. The van der Waals surface area contributed by atoms with Crippen molar-refractivity contribution in [1.29, 1.82) is 0 Å². The third-order valence-corrected chi connectivity index (χ3v) is 2.55. The molecule has 0 saturated carbocycles. The lowest BCUT2D eigenvalue weighted by Crippen LogP contribution is -2.17. The smallest absolute Gasteiger partial charge is 0.251 e. The number of hydrogen-bond acceptors (Lipinski definition) is 3. The quantitative estimate of drug-likeness (QED) is 0.899. The van der Waals surface area contributed by atoms with Crippen molar-refractivity contribution >= 4 is 5.91 Å². The van der Waals surface area contributed by atoms with E-state index in [1.165, 1.54) is 0 Å². The van der Waals surface area contributed by atoms with Crippen LogP contribution >= 0.6 is 0 Å². The fourth-order valence-electron chi connectivity index (χ4n) is 1.53. The number of aromatic nitrogens is 1. The molecule has 4 heteroatoms. The van der Waals surface area contributed by atoms with Gasteiger partial charge in [0.1, 0.15) is 11.5 Å². The second-order valence-electron chi connectivity index (χ2n) is 3.84. The fraction of sp³-hybridized carbons (Fsp3) is 0.143. The van der Waals surface area contributed by atoms with Gasteiger partial charge in [-0.1, -0.05) is 6.07 Å². The Balaban J connectivity index is 2.30. The molecule has 0 saturated heterocycles. The molecule has 2 aromatic rings. The minimum atomic E-state index is -0.130. The number of aryl methyl sites for hydroxylation is 1. The van der Waals surface area contributed by atoms with Gasteiger partial charge in [-0.25, -0.2) is 0 Å². The molecule has 2 rings (SSSR count). The van der Waals surface area contributed by atoms with Crippen LogP contribution in [0.3, 0.4) is 0 Å². The molecule has 0 radical (unpaired) electrons. The Morgan fingerprint density at radius 3 is 2.61 bits per heavy atom. The molecule has 1 aromatic heterocycles. The summed E-state index contributed by atoms with van der Waals surface area (Å²) in [5, 5.41) is 2.59. The summed E-state index contributed by atoms with van der Waals surface area (Å²) < 4.78 is 5.72. The maximum atomic E-state index is 11.6. The molecular weight excluding hydrogens is 228 g/mol. The van der Waals surface area contributed by atoms with E-state index in [-0.39, 0.29) is 5.91 Å². The van der Waals surface area contributed by atoms with E-state index in [4.69, 9.17) is 4.74 Å². The SMILES string of the molecule is CNC(=O)c1ccc(C)c(Oc2ccncc2)c1. The van der Waals surface area contributed by atoms with Gasteiger partial charge in [0.05, 0.1) is 0 Å². The summed E-state index contributed by atoms with van der Waals surface area (Å²) in [6.07, 6.45) is 3.32. The molecule has 0 atom stereocenters. The van der Waals surface area contributed by atoms with E-state index in [0.29, 0.717) is 17.1 Å². The number of amides is 1. The summed E-state index contributed by atoms with van der Waals surface area (Å²) in [7, 11) is 1.60. The molecule has 0 fully saturated rings. The molecule has 0 bridgehead atoms. The zero-order chi connectivity index (χ0) is 13.0. The van der Waals surface area contributed by atoms with Crippen molar-refractivity contribution in [1.82, 2.24) is 10.3 Å². The molecule has 1 heterocycles. The Morgan fingerprint density at radius 1 is 1.22 bits per heavy atom. The largest absolute Gasteiger partial charge is 0.457 e. The van der Waals surface area contributed by atoms with E-state index in [2.05, 4.69) is 10.3 Å². The van der Waals surface area contributed by atoms with Gasteiger partial charge in [-0.2, -0.15) is 0 Å². The van der Waals surface area contributed by atoms with Crippen LogP contribution in [0, 0.1) is 6.92 Å². The van der Waals surface area contributed by atoms with Gasteiger partial charge in [0.25, 0.3) is 5.91 Å². The minimum absolute atomic E-state index is 0.130. The van der Waals surface area contributed by atoms with Gasteiger partial charge in [-0.3, -0.25) is 9.78 Å². The highest BCUT2D eigenvalue weighted by Gasteiger charge is 2.07. The topological polar surface area (TPSA) is 51.2 Å². The number of nitrogens with zero attached hydrogens (tertiary/aromatic N) is 1.